The summed E-state index contributed by atoms with van der Waals surface area (Å²) < 4.78 is 5.13. The molecule has 2 N–H and O–H groups in total. The number of ether oxygens (including phenoxy) is 1. The van der Waals surface area contributed by atoms with Gasteiger partial charge >= 0.3 is 6.09 Å². The van der Waals surface area contributed by atoms with E-state index in [0.717, 1.165) is 11.3 Å². The SMILES string of the molecule is CC(C)OC(=O)Nc1cc(-c2ccccc2)nc(Nc2ccccc2)n1. The molecule has 0 atom stereocenters. The minimum atomic E-state index is -0.552. The van der Waals surface area contributed by atoms with Crippen LogP contribution in [0.1, 0.15) is 13.8 Å². The van der Waals surface area contributed by atoms with E-state index in [1.807, 2.05) is 60.7 Å². The zero-order valence-corrected chi connectivity index (χ0v) is 14.6. The molecule has 0 saturated carbocycles. The van der Waals surface area contributed by atoms with Gasteiger partial charge in [-0.25, -0.2) is 9.78 Å². The Morgan fingerprint density at radius 3 is 2.27 bits per heavy atom. The van der Waals surface area contributed by atoms with Crippen molar-refractivity contribution in [2.75, 3.05) is 10.6 Å². The van der Waals surface area contributed by atoms with Gasteiger partial charge < -0.3 is 10.1 Å². The third kappa shape index (κ3) is 4.80. The molecule has 0 radical (unpaired) electrons. The van der Waals surface area contributed by atoms with Gasteiger partial charge in [-0.3, -0.25) is 5.32 Å². The number of anilines is 3. The van der Waals surface area contributed by atoms with Crippen LogP contribution in [0.5, 0.6) is 0 Å². The summed E-state index contributed by atoms with van der Waals surface area (Å²) in [5, 5.41) is 5.81. The van der Waals surface area contributed by atoms with Gasteiger partial charge in [-0.2, -0.15) is 4.98 Å². The Morgan fingerprint density at radius 1 is 0.962 bits per heavy atom. The summed E-state index contributed by atoms with van der Waals surface area (Å²) in [7, 11) is 0. The Hall–Kier alpha value is -3.41. The summed E-state index contributed by atoms with van der Waals surface area (Å²) in [5.41, 5.74) is 2.47. The molecular formula is C20H20N4O2. The molecule has 0 aliphatic rings. The number of hydrogen-bond acceptors (Lipinski definition) is 5. The maximum absolute atomic E-state index is 11.9. The standard InChI is InChI=1S/C20H20N4O2/c1-14(2)26-20(25)24-18-13-17(15-9-5-3-6-10-15)22-19(23-18)21-16-11-7-4-8-12-16/h3-14H,1-2H3,(H2,21,22,23,24,25). The van der Waals surface area contributed by atoms with Gasteiger partial charge in [-0.05, 0) is 26.0 Å². The van der Waals surface area contributed by atoms with Crippen molar-refractivity contribution in [1.82, 2.24) is 9.97 Å². The molecule has 0 saturated heterocycles. The number of carbonyl (C=O) groups is 1. The van der Waals surface area contributed by atoms with E-state index in [-0.39, 0.29) is 6.10 Å². The molecule has 0 aliphatic carbocycles. The van der Waals surface area contributed by atoms with Crippen molar-refractivity contribution in [3.05, 3.63) is 66.7 Å². The van der Waals surface area contributed by atoms with Crippen molar-refractivity contribution in [2.45, 2.75) is 20.0 Å². The minimum Gasteiger partial charge on any atom is -0.447 e. The molecule has 6 heteroatoms. The van der Waals surface area contributed by atoms with Crippen LogP contribution in [0.15, 0.2) is 66.7 Å². The van der Waals surface area contributed by atoms with Crippen molar-refractivity contribution in [2.24, 2.45) is 0 Å². The molecule has 0 bridgehead atoms. The fraction of sp³-hybridized carbons (Fsp3) is 0.150. The number of benzene rings is 2. The lowest BCUT2D eigenvalue weighted by atomic mass is 10.1. The Labute approximate surface area is 152 Å². The third-order valence-electron chi connectivity index (χ3n) is 3.40. The Morgan fingerprint density at radius 2 is 1.62 bits per heavy atom. The van der Waals surface area contributed by atoms with Crippen molar-refractivity contribution in [3.63, 3.8) is 0 Å². The van der Waals surface area contributed by atoms with Crippen molar-refractivity contribution in [3.8, 4) is 11.3 Å². The molecule has 0 aliphatic heterocycles. The van der Waals surface area contributed by atoms with Crippen LogP contribution in [0.3, 0.4) is 0 Å². The van der Waals surface area contributed by atoms with Crippen LogP contribution < -0.4 is 10.6 Å². The second-order valence-corrected chi connectivity index (χ2v) is 5.90. The van der Waals surface area contributed by atoms with E-state index >= 15 is 0 Å². The Kier molecular flexibility index (Phi) is 5.43. The van der Waals surface area contributed by atoms with Crippen molar-refractivity contribution < 1.29 is 9.53 Å². The molecule has 1 amide bonds. The van der Waals surface area contributed by atoms with Crippen LogP contribution in [-0.4, -0.2) is 22.2 Å². The molecule has 0 spiro atoms. The van der Waals surface area contributed by atoms with E-state index in [0.29, 0.717) is 17.5 Å². The topological polar surface area (TPSA) is 76.1 Å². The highest BCUT2D eigenvalue weighted by molar-refractivity contribution is 5.84. The first kappa shape index (κ1) is 17.4. The second-order valence-electron chi connectivity index (χ2n) is 5.90. The van der Waals surface area contributed by atoms with Gasteiger partial charge in [0.1, 0.15) is 5.82 Å². The van der Waals surface area contributed by atoms with E-state index in [9.17, 15) is 4.79 Å². The first-order valence-corrected chi connectivity index (χ1v) is 8.34. The summed E-state index contributed by atoms with van der Waals surface area (Å²) >= 11 is 0. The number of nitrogens with one attached hydrogen (secondary N) is 2. The molecule has 0 unspecified atom stereocenters. The highest BCUT2D eigenvalue weighted by atomic mass is 16.6. The molecule has 0 fully saturated rings. The van der Waals surface area contributed by atoms with Crippen LogP contribution in [0.2, 0.25) is 0 Å². The number of amides is 1. The minimum absolute atomic E-state index is 0.215. The highest BCUT2D eigenvalue weighted by Crippen LogP contribution is 2.23. The predicted molar refractivity (Wildman–Crippen MR) is 102 cm³/mol. The fourth-order valence-electron chi connectivity index (χ4n) is 2.32. The zero-order valence-electron chi connectivity index (χ0n) is 14.6. The van der Waals surface area contributed by atoms with Gasteiger partial charge in [0, 0.05) is 17.3 Å². The van der Waals surface area contributed by atoms with Gasteiger partial charge in [0.05, 0.1) is 11.8 Å². The lowest BCUT2D eigenvalue weighted by molar-refractivity contribution is 0.130. The van der Waals surface area contributed by atoms with Crippen LogP contribution in [0.25, 0.3) is 11.3 Å². The van der Waals surface area contributed by atoms with Gasteiger partial charge in [0.15, 0.2) is 0 Å². The molecule has 6 nitrogen and oxygen atoms in total. The molecule has 1 heterocycles. The van der Waals surface area contributed by atoms with E-state index in [2.05, 4.69) is 20.6 Å². The fourth-order valence-corrected chi connectivity index (χ4v) is 2.32. The van der Waals surface area contributed by atoms with Gasteiger partial charge in [0.25, 0.3) is 0 Å². The van der Waals surface area contributed by atoms with Crippen molar-refractivity contribution in [1.29, 1.82) is 0 Å². The lowest BCUT2D eigenvalue weighted by Gasteiger charge is -2.12. The van der Waals surface area contributed by atoms with E-state index in [1.165, 1.54) is 0 Å². The number of para-hydroxylation sites is 1. The first-order chi connectivity index (χ1) is 12.6. The summed E-state index contributed by atoms with van der Waals surface area (Å²) in [6.45, 7) is 3.58. The quantitative estimate of drug-likeness (QED) is 0.690. The second kappa shape index (κ2) is 8.11. The summed E-state index contributed by atoms with van der Waals surface area (Å²) in [6.07, 6.45) is -0.768. The largest absolute Gasteiger partial charge is 0.447 e. The van der Waals surface area contributed by atoms with Crippen LogP contribution >= 0.6 is 0 Å². The third-order valence-corrected chi connectivity index (χ3v) is 3.40. The van der Waals surface area contributed by atoms with E-state index in [1.54, 1.807) is 19.9 Å². The van der Waals surface area contributed by atoms with Gasteiger partial charge in [0.2, 0.25) is 5.95 Å². The van der Waals surface area contributed by atoms with Crippen LogP contribution in [0, 0.1) is 0 Å². The average Bonchev–Trinajstić information content (AvgIpc) is 2.62. The van der Waals surface area contributed by atoms with E-state index in [4.69, 9.17) is 4.74 Å². The average molecular weight is 348 g/mol. The predicted octanol–water partition coefficient (Wildman–Crippen LogP) is 4.84. The molecule has 26 heavy (non-hydrogen) atoms. The number of carbonyl (C=O) groups excluding carboxylic acids is 1. The molecule has 3 aromatic rings. The van der Waals surface area contributed by atoms with Crippen molar-refractivity contribution >= 4 is 23.5 Å². The Bertz CT molecular complexity index is 867. The van der Waals surface area contributed by atoms with E-state index < -0.39 is 6.09 Å². The summed E-state index contributed by atoms with van der Waals surface area (Å²) in [4.78, 5) is 20.8. The summed E-state index contributed by atoms with van der Waals surface area (Å²) in [5.74, 6) is 0.750. The zero-order chi connectivity index (χ0) is 18.4. The molecule has 2 aromatic carbocycles. The molecule has 3 rings (SSSR count). The maximum atomic E-state index is 11.9. The van der Waals surface area contributed by atoms with Crippen LogP contribution in [0.4, 0.5) is 22.2 Å². The molecule has 132 valence electrons. The molecular weight excluding hydrogens is 328 g/mol. The Balaban J connectivity index is 1.92. The molecule has 1 aromatic heterocycles. The maximum Gasteiger partial charge on any atom is 0.413 e. The number of hydrogen-bond donors (Lipinski definition) is 2. The number of nitrogens with zero attached hydrogens (tertiary/aromatic N) is 2. The first-order valence-electron chi connectivity index (χ1n) is 8.34. The lowest BCUT2D eigenvalue weighted by Crippen LogP contribution is -2.19. The smallest absolute Gasteiger partial charge is 0.413 e. The monoisotopic (exact) mass is 348 g/mol. The summed E-state index contributed by atoms with van der Waals surface area (Å²) in [6, 6.07) is 21.0. The van der Waals surface area contributed by atoms with Gasteiger partial charge in [-0.1, -0.05) is 48.5 Å². The number of rotatable bonds is 5. The van der Waals surface area contributed by atoms with Gasteiger partial charge in [-0.15, -0.1) is 0 Å². The van der Waals surface area contributed by atoms with Crippen LogP contribution in [-0.2, 0) is 4.74 Å². The highest BCUT2D eigenvalue weighted by Gasteiger charge is 2.11. The normalized spacial score (nSPS) is 10.4. The number of aromatic nitrogens is 2.